The molecular weight excluding hydrogens is 531 g/mol. The molecular formula is C41H33BN2. The van der Waals surface area contributed by atoms with E-state index in [1.165, 1.54) is 77.6 Å². The number of nitrogens with zero attached hydrogens (tertiary/aromatic N) is 2. The van der Waals surface area contributed by atoms with E-state index >= 15 is 0 Å². The lowest BCUT2D eigenvalue weighted by atomic mass is 9.45. The van der Waals surface area contributed by atoms with Crippen LogP contribution in [-0.2, 0) is 11.8 Å². The van der Waals surface area contributed by atoms with Gasteiger partial charge in [0.1, 0.15) is 0 Å². The molecule has 0 fully saturated rings. The van der Waals surface area contributed by atoms with Gasteiger partial charge >= 0.3 is 6.85 Å². The first kappa shape index (κ1) is 25.5. The van der Waals surface area contributed by atoms with Crippen molar-refractivity contribution in [2.24, 2.45) is 0 Å². The third kappa shape index (κ3) is 3.62. The van der Waals surface area contributed by atoms with Crippen LogP contribution < -0.4 is 15.8 Å². The number of hydrogen-bond acceptors (Lipinski definition) is 1. The normalized spacial score (nSPS) is 13.3. The first-order chi connectivity index (χ1) is 21.5. The molecule has 3 heteroatoms. The molecule has 0 unspecified atom stereocenters. The number of hydrogen-bond donors (Lipinski definition) is 0. The Morgan fingerprint density at radius 2 is 1.30 bits per heavy atom. The zero-order valence-electron chi connectivity index (χ0n) is 25.4. The van der Waals surface area contributed by atoms with Crippen molar-refractivity contribution in [3.63, 3.8) is 0 Å². The van der Waals surface area contributed by atoms with Gasteiger partial charge in [0.2, 0.25) is 0 Å². The molecule has 0 N–H and O–H groups in total. The summed E-state index contributed by atoms with van der Waals surface area (Å²) in [6.07, 6.45) is 0.890. The molecule has 0 spiro atoms. The van der Waals surface area contributed by atoms with Crippen LogP contribution >= 0.6 is 0 Å². The van der Waals surface area contributed by atoms with Gasteiger partial charge in [0.05, 0.1) is 0 Å². The maximum absolute atomic E-state index is 2.65. The summed E-state index contributed by atoms with van der Waals surface area (Å²) in [6.45, 7) is 7.08. The summed E-state index contributed by atoms with van der Waals surface area (Å²) in [6, 6.07) is 49.7. The molecule has 44 heavy (non-hydrogen) atoms. The molecule has 210 valence electrons. The minimum atomic E-state index is 0.0229. The molecule has 0 radical (unpaired) electrons. The molecule has 0 saturated heterocycles. The van der Waals surface area contributed by atoms with Crippen molar-refractivity contribution >= 4 is 56.6 Å². The van der Waals surface area contributed by atoms with Crippen molar-refractivity contribution in [1.82, 2.24) is 4.48 Å². The topological polar surface area (TPSA) is 8.17 Å². The van der Waals surface area contributed by atoms with E-state index < -0.39 is 0 Å². The summed E-state index contributed by atoms with van der Waals surface area (Å²) >= 11 is 0. The fourth-order valence-electron chi connectivity index (χ4n) is 7.69. The Morgan fingerprint density at radius 1 is 0.591 bits per heavy atom. The van der Waals surface area contributed by atoms with E-state index in [2.05, 4.69) is 164 Å². The predicted molar refractivity (Wildman–Crippen MR) is 188 cm³/mol. The summed E-state index contributed by atoms with van der Waals surface area (Å²) < 4.78 is 2.65. The fraction of sp³-hybridized carbons (Fsp3) is 0.122. The van der Waals surface area contributed by atoms with Crippen LogP contribution in [0.25, 0.3) is 32.9 Å². The average Bonchev–Trinajstić information content (AvgIpc) is 3.38. The lowest BCUT2D eigenvalue weighted by Crippen LogP contribution is -2.56. The zero-order chi connectivity index (χ0) is 29.6. The summed E-state index contributed by atoms with van der Waals surface area (Å²) in [5, 5.41) is 2.68. The monoisotopic (exact) mass is 564 g/mol. The average molecular weight is 565 g/mol. The van der Waals surface area contributed by atoms with E-state index in [0.29, 0.717) is 0 Å². The van der Waals surface area contributed by atoms with Crippen LogP contribution in [0.1, 0.15) is 37.5 Å². The number of anilines is 3. The number of benzene rings is 6. The van der Waals surface area contributed by atoms with Gasteiger partial charge in [-0.15, -0.1) is 0 Å². The smallest absolute Gasteiger partial charge is 0.333 e. The third-order valence-electron chi connectivity index (χ3n) is 9.69. The van der Waals surface area contributed by atoms with E-state index in [9.17, 15) is 0 Å². The van der Waals surface area contributed by atoms with Crippen molar-refractivity contribution in [3.8, 4) is 11.1 Å². The molecule has 7 aromatic rings. The van der Waals surface area contributed by atoms with Crippen LogP contribution in [0.4, 0.5) is 17.1 Å². The third-order valence-corrected chi connectivity index (χ3v) is 9.69. The van der Waals surface area contributed by atoms with Gasteiger partial charge in [0.25, 0.3) is 0 Å². The molecule has 6 aromatic carbocycles. The Morgan fingerprint density at radius 3 is 2.09 bits per heavy atom. The molecule has 2 aliphatic rings. The summed E-state index contributed by atoms with van der Waals surface area (Å²) in [4.78, 5) is 2.50. The van der Waals surface area contributed by atoms with E-state index in [0.717, 1.165) is 6.42 Å². The van der Waals surface area contributed by atoms with Gasteiger partial charge in [-0.25, -0.2) is 0 Å². The molecule has 1 aromatic heterocycles. The Hall–Kier alpha value is -5.02. The van der Waals surface area contributed by atoms with Crippen LogP contribution in [0, 0.1) is 0 Å². The number of fused-ring (bicyclic) bond motifs is 7. The first-order valence-corrected chi connectivity index (χ1v) is 15.7. The second-order valence-electron chi connectivity index (χ2n) is 13.4. The predicted octanol–water partition coefficient (Wildman–Crippen LogP) is 9.10. The van der Waals surface area contributed by atoms with Gasteiger partial charge in [-0.3, -0.25) is 0 Å². The quantitative estimate of drug-likeness (QED) is 0.194. The zero-order valence-corrected chi connectivity index (χ0v) is 25.4. The van der Waals surface area contributed by atoms with E-state index in [1.54, 1.807) is 0 Å². The van der Waals surface area contributed by atoms with Crippen LogP contribution in [0.5, 0.6) is 0 Å². The molecule has 0 bridgehead atoms. The molecule has 0 amide bonds. The van der Waals surface area contributed by atoms with E-state index in [4.69, 9.17) is 0 Å². The molecule has 2 aliphatic heterocycles. The molecule has 2 nitrogen and oxygen atoms in total. The van der Waals surface area contributed by atoms with Gasteiger partial charge in [-0.1, -0.05) is 112 Å². The number of aromatic nitrogens is 1. The second-order valence-corrected chi connectivity index (χ2v) is 13.4. The minimum Gasteiger partial charge on any atom is -0.375 e. The highest BCUT2D eigenvalue weighted by Gasteiger charge is 2.43. The summed E-state index contributed by atoms with van der Waals surface area (Å²) in [5.74, 6) is 0. The van der Waals surface area contributed by atoms with Crippen molar-refractivity contribution in [1.29, 1.82) is 0 Å². The highest BCUT2D eigenvalue weighted by atomic mass is 15.2. The van der Waals surface area contributed by atoms with E-state index in [1.807, 2.05) is 0 Å². The lowest BCUT2D eigenvalue weighted by Gasteiger charge is -2.41. The van der Waals surface area contributed by atoms with Gasteiger partial charge < -0.3 is 9.38 Å². The number of para-hydroxylation sites is 3. The highest BCUT2D eigenvalue weighted by molar-refractivity contribution is 6.90. The molecule has 0 aliphatic carbocycles. The minimum absolute atomic E-state index is 0.0229. The van der Waals surface area contributed by atoms with Crippen molar-refractivity contribution in [2.45, 2.75) is 32.6 Å². The Kier molecular flexibility index (Phi) is 5.35. The second kappa shape index (κ2) is 9.24. The maximum atomic E-state index is 2.65. The van der Waals surface area contributed by atoms with Crippen LogP contribution in [0.3, 0.4) is 0 Å². The summed E-state index contributed by atoms with van der Waals surface area (Å²) in [5.41, 5.74) is 15.9. The van der Waals surface area contributed by atoms with Crippen molar-refractivity contribution in [3.05, 3.63) is 150 Å². The van der Waals surface area contributed by atoms with Gasteiger partial charge in [-0.2, -0.15) is 0 Å². The Labute approximate surface area is 259 Å². The Balaban J connectivity index is 1.45. The lowest BCUT2D eigenvalue weighted by molar-refractivity contribution is 0.591. The van der Waals surface area contributed by atoms with Gasteiger partial charge in [0.15, 0.2) is 0 Å². The van der Waals surface area contributed by atoms with E-state index in [-0.39, 0.29) is 12.3 Å². The van der Waals surface area contributed by atoms with Crippen LogP contribution in [0.15, 0.2) is 133 Å². The van der Waals surface area contributed by atoms with Crippen LogP contribution in [-0.4, -0.2) is 11.3 Å². The first-order valence-electron chi connectivity index (χ1n) is 15.7. The molecule has 9 rings (SSSR count). The summed E-state index contributed by atoms with van der Waals surface area (Å²) in [7, 11) is 0. The Bertz CT molecular complexity index is 2240. The van der Waals surface area contributed by atoms with Gasteiger partial charge in [-0.05, 0) is 87.5 Å². The largest absolute Gasteiger partial charge is 0.375 e. The van der Waals surface area contributed by atoms with Crippen molar-refractivity contribution < 1.29 is 0 Å². The van der Waals surface area contributed by atoms with Crippen LogP contribution in [0.2, 0.25) is 0 Å². The SMILES string of the molecule is CC(C)(C)c1cc2c3c(c1)c1ccccc1n3B1c3ccccc3N(c3ccccc3)c3cc(Cc4ccccc4)cc-2c31. The molecule has 3 heterocycles. The highest BCUT2D eigenvalue weighted by Crippen LogP contribution is 2.47. The maximum Gasteiger partial charge on any atom is 0.333 e. The standard InChI is InChI=1S/C41H33BN2/c1-41(2,3)29-25-33-31-18-10-12-20-36(31)44-40(33)34(26-29)32-23-28(22-27-14-6-4-7-15-27)24-38-39(32)42(44)35-19-11-13-21-37(35)43(38)30-16-8-5-9-17-30/h4-21,23-26H,22H2,1-3H3. The number of rotatable bonds is 3. The molecule has 0 atom stereocenters. The van der Waals surface area contributed by atoms with Gasteiger partial charge in [0, 0.05) is 44.4 Å². The molecule has 0 saturated carbocycles. The van der Waals surface area contributed by atoms with Crippen molar-refractivity contribution in [2.75, 3.05) is 4.90 Å². The fourth-order valence-corrected chi connectivity index (χ4v) is 7.69.